The van der Waals surface area contributed by atoms with Crippen molar-refractivity contribution >= 4 is 58.4 Å². The van der Waals surface area contributed by atoms with E-state index in [1.54, 1.807) is 30.3 Å². The van der Waals surface area contributed by atoms with Gasteiger partial charge in [0.2, 0.25) is 11.8 Å². The quantitative estimate of drug-likeness (QED) is 0.152. The van der Waals surface area contributed by atoms with Crippen molar-refractivity contribution in [3.63, 3.8) is 0 Å². The Labute approximate surface area is 348 Å². The lowest BCUT2D eigenvalue weighted by molar-refractivity contribution is -0.136. The molecule has 4 heterocycles. The maximum atomic E-state index is 13.5. The molecular weight excluding hydrogens is 774 g/mol. The van der Waals surface area contributed by atoms with Gasteiger partial charge in [-0.05, 0) is 107 Å². The first-order valence-electron chi connectivity index (χ1n) is 20.4. The molecule has 4 fully saturated rings. The molecule has 4 aliphatic heterocycles. The Bertz CT molecular complexity index is 2110. The van der Waals surface area contributed by atoms with Crippen LogP contribution in [0, 0.1) is 28.1 Å². The standard InChI is InChI=1S/C43H50ClN9O6/c1-25-22-50(23-26(2)52(25)30-6-10-33-34(19-30)43(58)53(42(33)57)37-12-14-39(54)49-41(37)56)24-27-15-17-51(18-16-27)38(47)13-11-36(46)40(55)48-29-4-8-31(9-5-29)59-32-7-3-28(21-45)35(44)20-32/h3,6-7,10-11,13,19-20,25-27,29,31,37,46-47H,4-5,8-9,12,14-18,22-24H2,1-2H3,(H,48,55)(H,49,54,56)/b13-11-,46-36?,47-38?. The minimum Gasteiger partial charge on any atom is -0.490 e. The van der Waals surface area contributed by atoms with E-state index in [0.29, 0.717) is 35.1 Å². The molecule has 0 aromatic heterocycles. The van der Waals surface area contributed by atoms with E-state index < -0.39 is 35.6 Å². The number of nitrogens with one attached hydrogen (secondary N) is 4. The third-order valence-corrected chi connectivity index (χ3v) is 12.5. The minimum atomic E-state index is -0.999. The molecule has 0 bridgehead atoms. The molecule has 2 aromatic rings. The van der Waals surface area contributed by atoms with Crippen LogP contribution in [0.15, 0.2) is 48.6 Å². The molecule has 15 nitrogen and oxygen atoms in total. The van der Waals surface area contributed by atoms with Gasteiger partial charge in [0.15, 0.2) is 0 Å². The van der Waals surface area contributed by atoms with Crippen LogP contribution in [0.25, 0.3) is 0 Å². The highest BCUT2D eigenvalue weighted by molar-refractivity contribution is 6.42. The van der Waals surface area contributed by atoms with Gasteiger partial charge in [-0.2, -0.15) is 5.26 Å². The number of ether oxygens (including phenoxy) is 1. The number of carbonyl (C=O) groups excluding carboxylic acids is 5. The topological polar surface area (TPSA) is 203 Å². The molecule has 0 radical (unpaired) electrons. The number of piperidine rings is 2. The van der Waals surface area contributed by atoms with Crippen LogP contribution in [-0.2, 0) is 14.4 Å². The third kappa shape index (κ3) is 9.19. The first kappa shape index (κ1) is 41.6. The van der Waals surface area contributed by atoms with Crippen LogP contribution in [-0.4, -0.2) is 119 Å². The summed E-state index contributed by atoms with van der Waals surface area (Å²) in [4.78, 5) is 71.4. The molecule has 3 unspecified atom stereocenters. The van der Waals surface area contributed by atoms with Gasteiger partial charge in [0, 0.05) is 69.0 Å². The Morgan fingerprint density at radius 1 is 0.932 bits per heavy atom. The molecule has 3 atom stereocenters. The fourth-order valence-corrected chi connectivity index (χ4v) is 9.43. The molecule has 1 aliphatic carbocycles. The van der Waals surface area contributed by atoms with E-state index in [0.717, 1.165) is 69.0 Å². The number of hydrogen-bond donors (Lipinski definition) is 4. The average Bonchev–Trinajstić information content (AvgIpc) is 3.45. The number of carbonyl (C=O) groups is 5. The number of hydrogen-bond acceptors (Lipinski definition) is 11. The molecule has 7 rings (SSSR count). The second-order valence-electron chi connectivity index (χ2n) is 16.4. The predicted octanol–water partition coefficient (Wildman–Crippen LogP) is 4.28. The van der Waals surface area contributed by atoms with Gasteiger partial charge < -0.3 is 19.9 Å². The Hall–Kier alpha value is -5.59. The van der Waals surface area contributed by atoms with Crippen LogP contribution in [0.4, 0.5) is 5.69 Å². The lowest BCUT2D eigenvalue weighted by atomic mass is 9.92. The Balaban J connectivity index is 0.829. The molecule has 59 heavy (non-hydrogen) atoms. The molecule has 3 saturated heterocycles. The van der Waals surface area contributed by atoms with Crippen molar-refractivity contribution in [1.82, 2.24) is 25.3 Å². The lowest BCUT2D eigenvalue weighted by Gasteiger charge is -2.47. The predicted molar refractivity (Wildman–Crippen MR) is 221 cm³/mol. The Morgan fingerprint density at radius 3 is 2.29 bits per heavy atom. The number of benzene rings is 2. The summed E-state index contributed by atoms with van der Waals surface area (Å²) < 4.78 is 6.04. The summed E-state index contributed by atoms with van der Waals surface area (Å²) >= 11 is 6.13. The second kappa shape index (κ2) is 17.7. The van der Waals surface area contributed by atoms with E-state index in [9.17, 15) is 24.0 Å². The van der Waals surface area contributed by atoms with Gasteiger partial charge in [-0.25, -0.2) is 0 Å². The third-order valence-electron chi connectivity index (χ3n) is 12.2. The summed E-state index contributed by atoms with van der Waals surface area (Å²) in [6.07, 6.45) is 7.84. The maximum absolute atomic E-state index is 13.5. The van der Waals surface area contributed by atoms with Crippen LogP contribution >= 0.6 is 11.6 Å². The Kier molecular flexibility index (Phi) is 12.5. The van der Waals surface area contributed by atoms with Gasteiger partial charge in [0.05, 0.1) is 27.8 Å². The van der Waals surface area contributed by atoms with Crippen LogP contribution in [0.1, 0.15) is 91.5 Å². The summed E-state index contributed by atoms with van der Waals surface area (Å²) in [5.74, 6) is -1.16. The number of likely N-dealkylation sites (tertiary alicyclic amines) is 1. The van der Waals surface area contributed by atoms with Gasteiger partial charge in [0.25, 0.3) is 17.7 Å². The van der Waals surface area contributed by atoms with E-state index in [4.69, 9.17) is 32.4 Å². The number of anilines is 1. The molecule has 16 heteroatoms. The Morgan fingerprint density at radius 2 is 1.63 bits per heavy atom. The zero-order chi connectivity index (χ0) is 42.0. The number of halogens is 1. The second-order valence-corrected chi connectivity index (χ2v) is 16.8. The van der Waals surface area contributed by atoms with E-state index in [1.807, 2.05) is 17.0 Å². The molecule has 5 aliphatic rings. The van der Waals surface area contributed by atoms with Crippen molar-refractivity contribution in [2.75, 3.05) is 37.6 Å². The molecular formula is C43H50ClN9O6. The fourth-order valence-electron chi connectivity index (χ4n) is 9.22. The largest absolute Gasteiger partial charge is 0.490 e. The molecule has 2 aromatic carbocycles. The SMILES string of the molecule is CC1CN(CC2CCN(C(=N)/C=C\C(=N)C(=O)NC3CCC(Oc4ccc(C#N)c(Cl)c4)CC3)CC2)CC(C)N1c1ccc2c(c1)C(=O)N(C1CCC(=O)NC1=O)C2=O. The zero-order valence-corrected chi connectivity index (χ0v) is 34.1. The van der Waals surface area contributed by atoms with Gasteiger partial charge in [-0.3, -0.25) is 49.9 Å². The van der Waals surface area contributed by atoms with Gasteiger partial charge in [0.1, 0.15) is 29.4 Å². The normalized spacial score (nSPS) is 25.5. The smallest absolute Gasteiger partial charge is 0.269 e. The number of amides is 5. The van der Waals surface area contributed by atoms with Crippen LogP contribution in [0.5, 0.6) is 5.75 Å². The summed E-state index contributed by atoms with van der Waals surface area (Å²) in [6.45, 7) is 8.33. The van der Waals surface area contributed by atoms with E-state index in [-0.39, 0.29) is 59.7 Å². The molecule has 0 spiro atoms. The van der Waals surface area contributed by atoms with Crippen molar-refractivity contribution in [2.45, 2.75) is 95.5 Å². The lowest BCUT2D eigenvalue weighted by Crippen LogP contribution is -2.58. The zero-order valence-electron chi connectivity index (χ0n) is 33.3. The number of rotatable bonds is 10. The molecule has 1 saturated carbocycles. The van der Waals surface area contributed by atoms with Crippen molar-refractivity contribution in [3.8, 4) is 11.8 Å². The first-order valence-corrected chi connectivity index (χ1v) is 20.8. The van der Waals surface area contributed by atoms with E-state index >= 15 is 0 Å². The van der Waals surface area contributed by atoms with E-state index in [1.165, 1.54) is 12.2 Å². The number of amidine groups is 1. The van der Waals surface area contributed by atoms with Crippen molar-refractivity contribution < 1.29 is 28.7 Å². The highest BCUT2D eigenvalue weighted by atomic mass is 35.5. The van der Waals surface area contributed by atoms with Crippen LogP contribution in [0.2, 0.25) is 5.02 Å². The molecule has 4 N–H and O–H groups in total. The van der Waals surface area contributed by atoms with Crippen LogP contribution in [0.3, 0.4) is 0 Å². The molecule has 310 valence electrons. The summed E-state index contributed by atoms with van der Waals surface area (Å²) in [6, 6.07) is 11.5. The monoisotopic (exact) mass is 823 g/mol. The fraction of sp³-hybridized carbons (Fsp3) is 0.488. The van der Waals surface area contributed by atoms with E-state index in [2.05, 4.69) is 34.3 Å². The van der Waals surface area contributed by atoms with Crippen molar-refractivity contribution in [3.05, 3.63) is 70.3 Å². The number of imide groups is 2. The number of piperazine rings is 1. The van der Waals surface area contributed by atoms with Gasteiger partial charge >= 0.3 is 0 Å². The van der Waals surface area contributed by atoms with Gasteiger partial charge in [-0.15, -0.1) is 0 Å². The highest BCUT2D eigenvalue weighted by Gasteiger charge is 2.45. The molecule has 5 amide bonds. The number of nitriles is 1. The number of nitrogens with zero attached hydrogens (tertiary/aromatic N) is 5. The minimum absolute atomic E-state index is 0.0253. The van der Waals surface area contributed by atoms with Crippen molar-refractivity contribution in [2.24, 2.45) is 5.92 Å². The average molecular weight is 824 g/mol. The van der Waals surface area contributed by atoms with Crippen molar-refractivity contribution in [1.29, 1.82) is 16.1 Å². The summed E-state index contributed by atoms with van der Waals surface area (Å²) in [5, 5.41) is 31.6. The maximum Gasteiger partial charge on any atom is 0.269 e. The number of fused-ring (bicyclic) bond motifs is 1. The highest BCUT2D eigenvalue weighted by Crippen LogP contribution is 2.34. The summed E-state index contributed by atoms with van der Waals surface area (Å²) in [5.41, 5.74) is 1.60. The van der Waals surface area contributed by atoms with Crippen LogP contribution < -0.4 is 20.3 Å². The first-order chi connectivity index (χ1) is 28.3. The summed E-state index contributed by atoms with van der Waals surface area (Å²) in [7, 11) is 0. The van der Waals surface area contributed by atoms with Gasteiger partial charge in [-0.1, -0.05) is 11.6 Å².